The molecule has 7 nitrogen and oxygen atoms in total. The predicted octanol–water partition coefficient (Wildman–Crippen LogP) is 5.76. The Bertz CT molecular complexity index is 897. The van der Waals surface area contributed by atoms with Gasteiger partial charge in [0.15, 0.2) is 0 Å². The van der Waals surface area contributed by atoms with Crippen LogP contribution in [-0.2, 0) is 14.3 Å². The van der Waals surface area contributed by atoms with Crippen LogP contribution in [0.2, 0.25) is 0 Å². The first-order chi connectivity index (χ1) is 17.3. The number of ether oxygens (including phenoxy) is 1. The van der Waals surface area contributed by atoms with Crippen molar-refractivity contribution >= 4 is 36.6 Å². The van der Waals surface area contributed by atoms with E-state index < -0.39 is 23.8 Å². The molecule has 0 bridgehead atoms. The standard InChI is InChI=1S/C29H47N3O4S/c1-9-11-17-30-26(33)25(23-14-12-13-22(10-2)18-23)32(21(5)16-15-20(3)4)27(34)24(19-37)31-28(35)36-29(6,7)8/h10,12-14,18,20-21,24-25,37H,2,9,11,15-17,19H2,1,3-8H3,(H,30,33)(H,31,35). The molecule has 0 radical (unpaired) electrons. The molecule has 3 amide bonds. The quantitative estimate of drug-likeness (QED) is 0.209. The lowest BCUT2D eigenvalue weighted by Gasteiger charge is -2.38. The average Bonchev–Trinajstić information content (AvgIpc) is 2.82. The van der Waals surface area contributed by atoms with Gasteiger partial charge in [-0.05, 0) is 70.1 Å². The number of alkyl carbamates (subject to hydrolysis) is 1. The van der Waals surface area contributed by atoms with Crippen LogP contribution in [-0.4, -0.2) is 52.8 Å². The van der Waals surface area contributed by atoms with Crippen LogP contribution in [0.1, 0.15) is 91.3 Å². The summed E-state index contributed by atoms with van der Waals surface area (Å²) in [6.45, 7) is 17.9. The number of thiol groups is 1. The molecule has 0 aliphatic carbocycles. The summed E-state index contributed by atoms with van der Waals surface area (Å²) in [5.41, 5.74) is 0.820. The monoisotopic (exact) mass is 533 g/mol. The smallest absolute Gasteiger partial charge is 0.408 e. The third-order valence-corrected chi connectivity index (χ3v) is 6.25. The molecule has 0 aliphatic rings. The number of carbonyl (C=O) groups is 3. The molecule has 0 aromatic heterocycles. The van der Waals surface area contributed by atoms with Gasteiger partial charge in [0.05, 0.1) is 0 Å². The van der Waals surface area contributed by atoms with E-state index in [1.807, 2.05) is 31.2 Å². The minimum absolute atomic E-state index is 0.0579. The fraction of sp³-hybridized carbons (Fsp3) is 0.621. The Morgan fingerprint density at radius 2 is 1.84 bits per heavy atom. The number of amides is 3. The minimum atomic E-state index is -0.965. The van der Waals surface area contributed by atoms with E-state index in [2.05, 4.69) is 50.6 Å². The van der Waals surface area contributed by atoms with Crippen LogP contribution < -0.4 is 10.6 Å². The van der Waals surface area contributed by atoms with Gasteiger partial charge >= 0.3 is 6.09 Å². The van der Waals surface area contributed by atoms with Gasteiger partial charge in [-0.3, -0.25) is 9.59 Å². The fourth-order valence-electron chi connectivity index (χ4n) is 3.91. The summed E-state index contributed by atoms with van der Waals surface area (Å²) in [6.07, 6.45) is 4.37. The van der Waals surface area contributed by atoms with E-state index in [1.54, 1.807) is 31.7 Å². The van der Waals surface area contributed by atoms with Crippen LogP contribution in [0, 0.1) is 5.92 Å². The Balaban J connectivity index is 3.53. The van der Waals surface area contributed by atoms with Crippen LogP contribution in [0.4, 0.5) is 4.79 Å². The van der Waals surface area contributed by atoms with Crippen LogP contribution in [0.15, 0.2) is 30.8 Å². The topological polar surface area (TPSA) is 87.7 Å². The third kappa shape index (κ3) is 11.2. The molecule has 0 aliphatic heterocycles. The molecule has 3 unspecified atom stereocenters. The minimum Gasteiger partial charge on any atom is -0.444 e. The van der Waals surface area contributed by atoms with Gasteiger partial charge in [0, 0.05) is 18.3 Å². The first-order valence-electron chi connectivity index (χ1n) is 13.3. The highest BCUT2D eigenvalue weighted by atomic mass is 32.1. The van der Waals surface area contributed by atoms with E-state index in [0.29, 0.717) is 24.4 Å². The number of unbranched alkanes of at least 4 members (excludes halogenated alkanes) is 1. The summed E-state index contributed by atoms with van der Waals surface area (Å²) >= 11 is 4.37. The van der Waals surface area contributed by atoms with Crippen molar-refractivity contribution < 1.29 is 19.1 Å². The Kier molecular flexibility index (Phi) is 13.8. The largest absolute Gasteiger partial charge is 0.444 e. The highest BCUT2D eigenvalue weighted by molar-refractivity contribution is 7.80. The van der Waals surface area contributed by atoms with E-state index in [4.69, 9.17) is 4.74 Å². The zero-order chi connectivity index (χ0) is 28.2. The Hall–Kier alpha value is -2.48. The molecule has 1 aromatic carbocycles. The SMILES string of the molecule is C=Cc1cccc(C(C(=O)NCCCC)N(C(=O)C(CS)NC(=O)OC(C)(C)C)C(C)CCC(C)C)c1. The van der Waals surface area contributed by atoms with E-state index >= 15 is 0 Å². The van der Waals surface area contributed by atoms with Crippen molar-refractivity contribution in [1.82, 2.24) is 15.5 Å². The van der Waals surface area contributed by atoms with Crippen LogP contribution in [0.5, 0.6) is 0 Å². The summed E-state index contributed by atoms with van der Waals surface area (Å²) in [4.78, 5) is 41.9. The number of carbonyl (C=O) groups excluding carboxylic acids is 3. The van der Waals surface area contributed by atoms with Crippen molar-refractivity contribution in [3.63, 3.8) is 0 Å². The second-order valence-electron chi connectivity index (χ2n) is 10.9. The molecule has 0 spiro atoms. The molecule has 1 aromatic rings. The summed E-state index contributed by atoms with van der Waals surface area (Å²) in [7, 11) is 0. The zero-order valence-corrected chi connectivity index (χ0v) is 24.6. The van der Waals surface area contributed by atoms with Crippen LogP contribution in [0.25, 0.3) is 6.08 Å². The highest BCUT2D eigenvalue weighted by Gasteiger charge is 2.38. The van der Waals surface area contributed by atoms with Gasteiger partial charge in [0.1, 0.15) is 17.7 Å². The molecule has 0 saturated carbocycles. The van der Waals surface area contributed by atoms with Crippen molar-refractivity contribution in [2.45, 2.75) is 97.9 Å². The Morgan fingerprint density at radius 3 is 2.38 bits per heavy atom. The van der Waals surface area contributed by atoms with Crippen molar-refractivity contribution in [1.29, 1.82) is 0 Å². The fourth-order valence-corrected chi connectivity index (χ4v) is 4.15. The van der Waals surface area contributed by atoms with E-state index in [1.165, 1.54) is 0 Å². The Morgan fingerprint density at radius 1 is 1.16 bits per heavy atom. The van der Waals surface area contributed by atoms with Crippen molar-refractivity contribution in [3.8, 4) is 0 Å². The summed E-state index contributed by atoms with van der Waals surface area (Å²) in [6, 6.07) is 5.37. The number of hydrogen-bond donors (Lipinski definition) is 3. The molecule has 1 rings (SSSR count). The second kappa shape index (κ2) is 15.7. The zero-order valence-electron chi connectivity index (χ0n) is 23.7. The molecule has 2 N–H and O–H groups in total. The second-order valence-corrected chi connectivity index (χ2v) is 11.2. The number of nitrogens with one attached hydrogen (secondary N) is 2. The summed E-state index contributed by atoms with van der Waals surface area (Å²) in [5, 5.41) is 5.68. The third-order valence-electron chi connectivity index (χ3n) is 5.88. The molecule has 208 valence electrons. The molecular formula is C29H47N3O4S. The Labute approximate surface area is 229 Å². The van der Waals surface area contributed by atoms with Crippen LogP contribution >= 0.6 is 12.6 Å². The van der Waals surface area contributed by atoms with Crippen molar-refractivity contribution in [2.24, 2.45) is 5.92 Å². The maximum atomic E-state index is 14.1. The number of hydrogen-bond acceptors (Lipinski definition) is 5. The van der Waals surface area contributed by atoms with Gasteiger partial charge in [-0.2, -0.15) is 12.6 Å². The summed E-state index contributed by atoms with van der Waals surface area (Å²) in [5.74, 6) is -0.144. The maximum Gasteiger partial charge on any atom is 0.408 e. The molecule has 3 atom stereocenters. The number of benzene rings is 1. The van der Waals surface area contributed by atoms with Gasteiger partial charge in [0.2, 0.25) is 11.8 Å². The lowest BCUT2D eigenvalue weighted by atomic mass is 9.96. The average molecular weight is 534 g/mol. The van der Waals surface area contributed by atoms with Crippen molar-refractivity contribution in [3.05, 3.63) is 42.0 Å². The molecule has 8 heteroatoms. The first-order valence-corrected chi connectivity index (χ1v) is 13.9. The van der Waals surface area contributed by atoms with Gasteiger partial charge in [-0.25, -0.2) is 4.79 Å². The molecule has 0 fully saturated rings. The summed E-state index contributed by atoms with van der Waals surface area (Å²) < 4.78 is 5.38. The van der Waals surface area contributed by atoms with Crippen LogP contribution in [0.3, 0.4) is 0 Å². The molecule has 37 heavy (non-hydrogen) atoms. The van der Waals surface area contributed by atoms with Gasteiger partial charge in [-0.1, -0.05) is 58.0 Å². The van der Waals surface area contributed by atoms with E-state index in [0.717, 1.165) is 24.8 Å². The molecule has 0 saturated heterocycles. The van der Waals surface area contributed by atoms with E-state index in [9.17, 15) is 14.4 Å². The number of nitrogens with zero attached hydrogens (tertiary/aromatic N) is 1. The lowest BCUT2D eigenvalue weighted by Crippen LogP contribution is -2.56. The highest BCUT2D eigenvalue weighted by Crippen LogP contribution is 2.28. The van der Waals surface area contributed by atoms with Gasteiger partial charge in [0.25, 0.3) is 0 Å². The van der Waals surface area contributed by atoms with E-state index in [-0.39, 0.29) is 23.6 Å². The normalized spacial score (nSPS) is 13.9. The maximum absolute atomic E-state index is 14.1. The molecular weight excluding hydrogens is 486 g/mol. The lowest BCUT2D eigenvalue weighted by molar-refractivity contribution is -0.144. The van der Waals surface area contributed by atoms with Gasteiger partial charge < -0.3 is 20.3 Å². The van der Waals surface area contributed by atoms with Crippen molar-refractivity contribution in [2.75, 3.05) is 12.3 Å². The molecule has 0 heterocycles. The first kappa shape index (κ1) is 32.5. The predicted molar refractivity (Wildman–Crippen MR) is 155 cm³/mol. The van der Waals surface area contributed by atoms with Gasteiger partial charge in [-0.15, -0.1) is 0 Å². The number of rotatable bonds is 14.